The second-order valence-corrected chi connectivity index (χ2v) is 2.96. The average Bonchev–Trinajstić information content (AvgIpc) is 2.06. The minimum Gasteiger partial charge on any atom is -0.207 e. The van der Waals surface area contributed by atoms with E-state index in [1.807, 2.05) is 0 Å². The van der Waals surface area contributed by atoms with Gasteiger partial charge in [0.05, 0.1) is 0 Å². The summed E-state index contributed by atoms with van der Waals surface area (Å²) in [6, 6.07) is 5.14. The van der Waals surface area contributed by atoms with Crippen molar-refractivity contribution in [2.24, 2.45) is 0 Å². The molecule has 0 saturated heterocycles. The average molecular weight is 200 g/mol. The van der Waals surface area contributed by atoms with Gasteiger partial charge in [0.1, 0.15) is 11.0 Å². The molecule has 1 heterocycles. The zero-order valence-electron chi connectivity index (χ0n) is 6.39. The molecule has 0 N–H and O–H groups in total. The maximum absolute atomic E-state index is 12.7. The number of hydrogen-bond acceptors (Lipinski definition) is 1. The fourth-order valence-electron chi connectivity index (χ4n) is 1.15. The highest BCUT2D eigenvalue weighted by Crippen LogP contribution is 2.22. The molecule has 0 bridgehead atoms. The van der Waals surface area contributed by atoms with Crippen LogP contribution in [0.25, 0.3) is 10.8 Å². The van der Waals surface area contributed by atoms with E-state index < -0.39 is 11.8 Å². The van der Waals surface area contributed by atoms with E-state index in [9.17, 15) is 8.78 Å². The van der Waals surface area contributed by atoms with Crippen LogP contribution < -0.4 is 0 Å². The fourth-order valence-corrected chi connectivity index (χ4v) is 1.39. The Labute approximate surface area is 78.0 Å². The van der Waals surface area contributed by atoms with Crippen molar-refractivity contribution in [1.82, 2.24) is 4.98 Å². The molecule has 0 aliphatic carbocycles. The Morgan fingerprint density at radius 2 is 1.92 bits per heavy atom. The van der Waals surface area contributed by atoms with Gasteiger partial charge in [0, 0.05) is 11.5 Å². The molecule has 0 spiro atoms. The third-order valence-electron chi connectivity index (χ3n) is 1.72. The van der Waals surface area contributed by atoms with Crippen LogP contribution in [0.15, 0.2) is 24.3 Å². The van der Waals surface area contributed by atoms with Crippen LogP contribution in [0, 0.1) is 11.8 Å². The van der Waals surface area contributed by atoms with Crippen molar-refractivity contribution in [2.45, 2.75) is 0 Å². The predicted molar refractivity (Wildman–Crippen MR) is 46.7 cm³/mol. The number of nitrogens with zero attached hydrogens (tertiary/aromatic N) is 1. The van der Waals surface area contributed by atoms with Gasteiger partial charge in [0.2, 0.25) is 5.95 Å². The van der Waals surface area contributed by atoms with E-state index >= 15 is 0 Å². The molecule has 2 aromatic rings. The van der Waals surface area contributed by atoms with Gasteiger partial charge in [0.15, 0.2) is 0 Å². The SMILES string of the molecule is Fc1ccc2cc(F)nc(Cl)c2c1. The Balaban J connectivity index is 2.87. The van der Waals surface area contributed by atoms with E-state index in [1.165, 1.54) is 24.3 Å². The summed E-state index contributed by atoms with van der Waals surface area (Å²) >= 11 is 5.62. The molecule has 0 saturated carbocycles. The lowest BCUT2D eigenvalue weighted by Crippen LogP contribution is -1.86. The summed E-state index contributed by atoms with van der Waals surface area (Å²) in [4.78, 5) is 3.37. The van der Waals surface area contributed by atoms with Gasteiger partial charge in [-0.1, -0.05) is 17.7 Å². The summed E-state index contributed by atoms with van der Waals surface area (Å²) in [5.74, 6) is -1.08. The number of rotatable bonds is 0. The van der Waals surface area contributed by atoms with E-state index in [2.05, 4.69) is 4.98 Å². The molecule has 13 heavy (non-hydrogen) atoms. The summed E-state index contributed by atoms with van der Waals surface area (Å²) < 4.78 is 25.4. The number of fused-ring (bicyclic) bond motifs is 1. The van der Waals surface area contributed by atoms with Gasteiger partial charge in [0.25, 0.3) is 0 Å². The van der Waals surface area contributed by atoms with Crippen LogP contribution >= 0.6 is 11.6 Å². The smallest absolute Gasteiger partial charge is 0.207 e. The molecule has 1 aromatic carbocycles. The summed E-state index contributed by atoms with van der Waals surface area (Å²) in [5.41, 5.74) is 0. The monoisotopic (exact) mass is 199 g/mol. The minimum atomic E-state index is -0.663. The van der Waals surface area contributed by atoms with Crippen molar-refractivity contribution >= 4 is 22.4 Å². The van der Waals surface area contributed by atoms with Crippen molar-refractivity contribution in [2.75, 3.05) is 0 Å². The second-order valence-electron chi connectivity index (χ2n) is 2.60. The third kappa shape index (κ3) is 1.47. The Morgan fingerprint density at radius 3 is 2.69 bits per heavy atom. The van der Waals surface area contributed by atoms with Crippen LogP contribution in [0.1, 0.15) is 0 Å². The molecule has 0 aliphatic heterocycles. The lowest BCUT2D eigenvalue weighted by atomic mass is 10.2. The molecule has 1 aromatic heterocycles. The Morgan fingerprint density at radius 1 is 1.15 bits per heavy atom. The van der Waals surface area contributed by atoms with Gasteiger partial charge in [-0.15, -0.1) is 0 Å². The van der Waals surface area contributed by atoms with Gasteiger partial charge in [-0.3, -0.25) is 0 Å². The molecule has 2 rings (SSSR count). The van der Waals surface area contributed by atoms with Gasteiger partial charge in [-0.2, -0.15) is 4.39 Å². The van der Waals surface area contributed by atoms with E-state index in [1.54, 1.807) is 0 Å². The lowest BCUT2D eigenvalue weighted by molar-refractivity contribution is 0.586. The quantitative estimate of drug-likeness (QED) is 0.594. The molecule has 0 radical (unpaired) electrons. The highest BCUT2D eigenvalue weighted by atomic mass is 35.5. The van der Waals surface area contributed by atoms with Crippen molar-refractivity contribution < 1.29 is 8.78 Å². The molecule has 0 unspecified atom stereocenters. The van der Waals surface area contributed by atoms with Crippen LogP contribution in [0.5, 0.6) is 0 Å². The van der Waals surface area contributed by atoms with Gasteiger partial charge < -0.3 is 0 Å². The van der Waals surface area contributed by atoms with E-state index in [0.29, 0.717) is 10.8 Å². The van der Waals surface area contributed by atoms with Crippen molar-refractivity contribution in [1.29, 1.82) is 0 Å². The molecule has 1 nitrogen and oxygen atoms in total. The lowest BCUT2D eigenvalue weighted by Gasteiger charge is -1.99. The number of aromatic nitrogens is 1. The largest absolute Gasteiger partial charge is 0.214 e. The zero-order chi connectivity index (χ0) is 9.42. The normalized spacial score (nSPS) is 10.7. The van der Waals surface area contributed by atoms with Crippen LogP contribution in [0.4, 0.5) is 8.78 Å². The summed E-state index contributed by atoms with van der Waals surface area (Å²) in [7, 11) is 0. The van der Waals surface area contributed by atoms with Gasteiger partial charge >= 0.3 is 0 Å². The molecular weight excluding hydrogens is 196 g/mol. The summed E-state index contributed by atoms with van der Waals surface area (Å²) in [5, 5.41) is 0.941. The molecule has 4 heteroatoms. The number of pyridine rings is 1. The molecular formula is C9H4ClF2N. The van der Waals surface area contributed by atoms with Crippen molar-refractivity contribution in [3.05, 3.63) is 41.2 Å². The first kappa shape index (κ1) is 8.38. The van der Waals surface area contributed by atoms with Crippen molar-refractivity contribution in [3.8, 4) is 0 Å². The first-order chi connectivity index (χ1) is 6.16. The topological polar surface area (TPSA) is 12.9 Å². The third-order valence-corrected chi connectivity index (χ3v) is 2.01. The maximum Gasteiger partial charge on any atom is 0.214 e. The number of benzene rings is 1. The summed E-state index contributed by atoms with van der Waals surface area (Å²) in [6.07, 6.45) is 0. The maximum atomic E-state index is 12.7. The minimum absolute atomic E-state index is 0.0190. The van der Waals surface area contributed by atoms with Crippen LogP contribution in [0.3, 0.4) is 0 Å². The standard InChI is InChI=1S/C9H4ClF2N/c10-9-7-4-6(11)2-1-5(7)3-8(12)13-9/h1-4H. The molecule has 0 aliphatic rings. The highest BCUT2D eigenvalue weighted by Gasteiger charge is 2.04. The number of halogens is 3. The van der Waals surface area contributed by atoms with Crippen LogP contribution in [0.2, 0.25) is 5.15 Å². The van der Waals surface area contributed by atoms with E-state index in [4.69, 9.17) is 11.6 Å². The molecule has 0 fully saturated rings. The molecule has 0 amide bonds. The van der Waals surface area contributed by atoms with Gasteiger partial charge in [-0.05, 0) is 17.5 Å². The van der Waals surface area contributed by atoms with Gasteiger partial charge in [-0.25, -0.2) is 9.37 Å². The Kier molecular flexibility index (Phi) is 1.88. The van der Waals surface area contributed by atoms with E-state index in [0.717, 1.165) is 0 Å². The number of hydrogen-bond donors (Lipinski definition) is 0. The first-order valence-electron chi connectivity index (χ1n) is 3.58. The van der Waals surface area contributed by atoms with Crippen molar-refractivity contribution in [3.63, 3.8) is 0 Å². The summed E-state index contributed by atoms with van der Waals surface area (Å²) in [6.45, 7) is 0. The Bertz CT molecular complexity index is 470. The molecule has 0 atom stereocenters. The van der Waals surface area contributed by atoms with Crippen LogP contribution in [-0.2, 0) is 0 Å². The highest BCUT2D eigenvalue weighted by molar-refractivity contribution is 6.34. The predicted octanol–water partition coefficient (Wildman–Crippen LogP) is 3.17. The molecule has 66 valence electrons. The van der Waals surface area contributed by atoms with E-state index in [-0.39, 0.29) is 5.15 Å². The zero-order valence-corrected chi connectivity index (χ0v) is 7.15. The first-order valence-corrected chi connectivity index (χ1v) is 3.96. The fraction of sp³-hybridized carbons (Fsp3) is 0. The van der Waals surface area contributed by atoms with Crippen LogP contribution in [-0.4, -0.2) is 4.98 Å². The second kappa shape index (κ2) is 2.92. The Hall–Kier alpha value is -1.22.